The third-order valence-corrected chi connectivity index (χ3v) is 5.85. The Kier molecular flexibility index (Phi) is 4.74. The van der Waals surface area contributed by atoms with Crippen molar-refractivity contribution in [2.75, 3.05) is 19.8 Å². The van der Waals surface area contributed by atoms with Crippen LogP contribution in [0, 0.1) is 6.92 Å². The number of aromatic nitrogens is 1. The molecule has 118 valence electrons. The largest absolute Gasteiger partial charge is 0.481 e. The summed E-state index contributed by atoms with van der Waals surface area (Å²) >= 11 is 1.15. The topological polar surface area (TPSA) is 87.6 Å². The molecule has 1 aromatic heterocycles. The number of nitrogens with zero attached hydrogens (tertiary/aromatic N) is 2. The van der Waals surface area contributed by atoms with E-state index in [0.717, 1.165) is 21.8 Å². The van der Waals surface area contributed by atoms with Gasteiger partial charge in [-0.15, -0.1) is 11.8 Å². The summed E-state index contributed by atoms with van der Waals surface area (Å²) in [7, 11) is -0.616. The average Bonchev–Trinajstić information content (AvgIpc) is 2.43. The predicted molar refractivity (Wildman–Crippen MR) is 85.7 cm³/mol. The minimum Gasteiger partial charge on any atom is -0.481 e. The SMILES string of the molecule is Cc1cc(SCC(=O)O)c2cc(S(=O)(=O)N(C)C)ccc2n1. The van der Waals surface area contributed by atoms with Gasteiger partial charge in [-0.1, -0.05) is 0 Å². The molecule has 6 nitrogen and oxygen atoms in total. The zero-order chi connectivity index (χ0) is 16.5. The van der Waals surface area contributed by atoms with Crippen molar-refractivity contribution < 1.29 is 18.3 Å². The second kappa shape index (κ2) is 6.23. The van der Waals surface area contributed by atoms with Crippen LogP contribution in [0.2, 0.25) is 0 Å². The first-order valence-electron chi connectivity index (χ1n) is 6.40. The molecule has 0 bridgehead atoms. The van der Waals surface area contributed by atoms with Gasteiger partial charge in [0.15, 0.2) is 0 Å². The van der Waals surface area contributed by atoms with Crippen LogP contribution in [0.3, 0.4) is 0 Å². The van der Waals surface area contributed by atoms with Crippen molar-refractivity contribution in [2.45, 2.75) is 16.7 Å². The Morgan fingerprint density at radius 2 is 2.00 bits per heavy atom. The van der Waals surface area contributed by atoms with Gasteiger partial charge >= 0.3 is 5.97 Å². The Morgan fingerprint density at radius 1 is 1.32 bits per heavy atom. The van der Waals surface area contributed by atoms with Crippen LogP contribution in [0.5, 0.6) is 0 Å². The number of aryl methyl sites for hydroxylation is 1. The van der Waals surface area contributed by atoms with Gasteiger partial charge < -0.3 is 5.11 Å². The number of hydrogen-bond donors (Lipinski definition) is 1. The predicted octanol–water partition coefficient (Wildman–Crippen LogP) is 1.97. The van der Waals surface area contributed by atoms with Crippen molar-refractivity contribution in [3.63, 3.8) is 0 Å². The van der Waals surface area contributed by atoms with Gasteiger partial charge in [0.05, 0.1) is 16.2 Å². The summed E-state index contributed by atoms with van der Waals surface area (Å²) in [5.41, 5.74) is 1.40. The smallest absolute Gasteiger partial charge is 0.313 e. The summed E-state index contributed by atoms with van der Waals surface area (Å²) in [6, 6.07) is 6.46. The molecule has 0 amide bonds. The van der Waals surface area contributed by atoms with Gasteiger partial charge in [0.1, 0.15) is 0 Å². The quantitative estimate of drug-likeness (QED) is 0.837. The van der Waals surface area contributed by atoms with E-state index in [2.05, 4.69) is 4.98 Å². The lowest BCUT2D eigenvalue weighted by molar-refractivity contribution is -0.133. The third kappa shape index (κ3) is 3.40. The van der Waals surface area contributed by atoms with Crippen LogP contribution < -0.4 is 0 Å². The van der Waals surface area contributed by atoms with Crippen molar-refractivity contribution in [1.29, 1.82) is 0 Å². The molecule has 0 saturated carbocycles. The van der Waals surface area contributed by atoms with Crippen LogP contribution in [0.25, 0.3) is 10.9 Å². The number of carboxylic acids is 1. The van der Waals surface area contributed by atoms with E-state index in [4.69, 9.17) is 5.11 Å². The molecule has 0 aliphatic rings. The van der Waals surface area contributed by atoms with Crippen molar-refractivity contribution in [2.24, 2.45) is 0 Å². The molecule has 2 rings (SSSR count). The van der Waals surface area contributed by atoms with E-state index in [-0.39, 0.29) is 10.6 Å². The number of hydrogen-bond acceptors (Lipinski definition) is 5. The van der Waals surface area contributed by atoms with E-state index in [1.54, 1.807) is 18.2 Å². The number of pyridine rings is 1. The monoisotopic (exact) mass is 340 g/mol. The summed E-state index contributed by atoms with van der Waals surface area (Å²) in [5.74, 6) is -1.02. The van der Waals surface area contributed by atoms with E-state index >= 15 is 0 Å². The van der Waals surface area contributed by atoms with Crippen LogP contribution in [0.15, 0.2) is 34.1 Å². The van der Waals surface area contributed by atoms with Crippen LogP contribution >= 0.6 is 11.8 Å². The minimum absolute atomic E-state index is 0.0940. The Labute approximate surface area is 133 Å². The lowest BCUT2D eigenvalue weighted by atomic mass is 10.2. The number of thioether (sulfide) groups is 1. The van der Waals surface area contributed by atoms with Crippen molar-refractivity contribution in [1.82, 2.24) is 9.29 Å². The molecule has 1 N–H and O–H groups in total. The van der Waals surface area contributed by atoms with Crippen LogP contribution in [-0.4, -0.2) is 48.6 Å². The highest BCUT2D eigenvalue weighted by Crippen LogP contribution is 2.30. The van der Waals surface area contributed by atoms with Gasteiger partial charge in [-0.2, -0.15) is 0 Å². The standard InChI is InChI=1S/C14H16N2O4S2/c1-9-6-13(21-8-14(17)18)11-7-10(4-5-12(11)15-9)22(19,20)16(2)3/h4-7H,8H2,1-3H3,(H,17,18). The van der Waals surface area contributed by atoms with Gasteiger partial charge in [-0.05, 0) is 31.2 Å². The third-order valence-electron chi connectivity index (χ3n) is 3.00. The lowest BCUT2D eigenvalue weighted by Crippen LogP contribution is -2.22. The number of rotatable bonds is 5. The molecule has 1 heterocycles. The van der Waals surface area contributed by atoms with Crippen LogP contribution in [0.4, 0.5) is 0 Å². The van der Waals surface area contributed by atoms with E-state index in [1.807, 2.05) is 6.92 Å². The molecule has 8 heteroatoms. The Hall–Kier alpha value is -1.64. The Morgan fingerprint density at radius 3 is 2.59 bits per heavy atom. The second-order valence-corrected chi connectivity index (χ2v) is 8.08. The molecule has 0 unspecified atom stereocenters. The molecule has 1 aromatic carbocycles. The van der Waals surface area contributed by atoms with E-state index in [0.29, 0.717) is 15.8 Å². The molecule has 0 radical (unpaired) electrons. The number of sulfonamides is 1. The molecular formula is C14H16N2O4S2. The summed E-state index contributed by atoms with van der Waals surface area (Å²) in [6.07, 6.45) is 0. The molecular weight excluding hydrogens is 324 g/mol. The van der Waals surface area contributed by atoms with E-state index in [9.17, 15) is 13.2 Å². The number of fused-ring (bicyclic) bond motifs is 1. The summed E-state index contributed by atoms with van der Waals surface area (Å²) in [4.78, 5) is 16.0. The van der Waals surface area contributed by atoms with Crippen molar-refractivity contribution in [3.8, 4) is 0 Å². The van der Waals surface area contributed by atoms with E-state index < -0.39 is 16.0 Å². The normalized spacial score (nSPS) is 12.0. The maximum atomic E-state index is 12.2. The fourth-order valence-electron chi connectivity index (χ4n) is 1.93. The van der Waals surface area contributed by atoms with Gasteiger partial charge in [0, 0.05) is 30.1 Å². The molecule has 0 spiro atoms. The molecule has 22 heavy (non-hydrogen) atoms. The zero-order valence-electron chi connectivity index (χ0n) is 12.4. The zero-order valence-corrected chi connectivity index (χ0v) is 14.0. The van der Waals surface area contributed by atoms with Gasteiger partial charge in [0.2, 0.25) is 10.0 Å². The fourth-order valence-corrected chi connectivity index (χ4v) is 3.71. The first-order chi connectivity index (χ1) is 10.2. The maximum Gasteiger partial charge on any atom is 0.313 e. The molecule has 2 aromatic rings. The Bertz CT molecular complexity index is 832. The van der Waals surface area contributed by atoms with Crippen LogP contribution in [-0.2, 0) is 14.8 Å². The van der Waals surface area contributed by atoms with E-state index in [1.165, 1.54) is 20.2 Å². The molecule has 0 aliphatic carbocycles. The first kappa shape index (κ1) is 16.7. The molecule has 0 aliphatic heterocycles. The van der Waals surface area contributed by atoms with Gasteiger partial charge in [-0.25, -0.2) is 12.7 Å². The molecule has 0 fully saturated rings. The lowest BCUT2D eigenvalue weighted by Gasteiger charge is -2.13. The number of carbonyl (C=O) groups is 1. The fraction of sp³-hybridized carbons (Fsp3) is 0.286. The van der Waals surface area contributed by atoms with Gasteiger partial charge in [-0.3, -0.25) is 9.78 Å². The highest BCUT2D eigenvalue weighted by Gasteiger charge is 2.18. The van der Waals surface area contributed by atoms with Crippen LogP contribution in [0.1, 0.15) is 5.69 Å². The van der Waals surface area contributed by atoms with Crippen molar-refractivity contribution in [3.05, 3.63) is 30.0 Å². The summed E-state index contributed by atoms with van der Waals surface area (Å²) in [5, 5.41) is 9.47. The highest BCUT2D eigenvalue weighted by atomic mass is 32.2. The highest BCUT2D eigenvalue weighted by molar-refractivity contribution is 8.00. The minimum atomic E-state index is -3.55. The van der Waals surface area contributed by atoms with Crippen molar-refractivity contribution >= 4 is 38.7 Å². The first-order valence-corrected chi connectivity index (χ1v) is 8.83. The maximum absolute atomic E-state index is 12.2. The second-order valence-electron chi connectivity index (χ2n) is 4.91. The Balaban J connectivity index is 2.61. The molecule has 0 atom stereocenters. The van der Waals surface area contributed by atoms with Gasteiger partial charge in [0.25, 0.3) is 0 Å². The number of benzene rings is 1. The number of aliphatic carboxylic acids is 1. The summed E-state index contributed by atoms with van der Waals surface area (Å²) < 4.78 is 25.6. The number of carboxylic acid groups (broad SMARTS) is 1. The average molecular weight is 340 g/mol. The summed E-state index contributed by atoms with van der Waals surface area (Å²) in [6.45, 7) is 1.81. The molecule has 0 saturated heterocycles.